The van der Waals surface area contributed by atoms with Crippen LogP contribution in [0.2, 0.25) is 0 Å². The maximum atomic E-state index is 11.7. The van der Waals surface area contributed by atoms with Crippen LogP contribution in [0.15, 0.2) is 0 Å². The summed E-state index contributed by atoms with van der Waals surface area (Å²) in [7, 11) is -6.64. The second-order valence-corrected chi connectivity index (χ2v) is 9.19. The Morgan fingerprint density at radius 1 is 1.40 bits per heavy atom. The van der Waals surface area contributed by atoms with Crippen LogP contribution >= 0.6 is 0 Å². The predicted octanol–water partition coefficient (Wildman–Crippen LogP) is -0.649. The van der Waals surface area contributed by atoms with E-state index in [1.165, 1.54) is 4.31 Å². The lowest BCUT2D eigenvalue weighted by molar-refractivity contribution is -0.121. The van der Waals surface area contributed by atoms with E-state index in [4.69, 9.17) is 0 Å². The summed E-state index contributed by atoms with van der Waals surface area (Å²) in [6.07, 6.45) is 2.50. The van der Waals surface area contributed by atoms with Gasteiger partial charge in [0.05, 0.1) is 17.8 Å². The molecule has 7 nitrogen and oxygen atoms in total. The quantitative estimate of drug-likeness (QED) is 0.670. The van der Waals surface area contributed by atoms with Gasteiger partial charge in [-0.2, -0.15) is 4.31 Å². The highest BCUT2D eigenvalue weighted by Gasteiger charge is 2.36. The summed E-state index contributed by atoms with van der Waals surface area (Å²) in [5, 5.41) is 2.64. The Labute approximate surface area is 120 Å². The molecule has 118 valence electrons. The van der Waals surface area contributed by atoms with Crippen LogP contribution < -0.4 is 5.32 Å². The molecule has 0 bridgehead atoms. The summed E-state index contributed by atoms with van der Waals surface area (Å²) in [6.45, 7) is 2.18. The van der Waals surface area contributed by atoms with Gasteiger partial charge >= 0.3 is 0 Å². The van der Waals surface area contributed by atoms with E-state index in [0.717, 1.165) is 12.7 Å². The molecule has 1 unspecified atom stereocenters. The van der Waals surface area contributed by atoms with Gasteiger partial charge in [0, 0.05) is 25.6 Å². The zero-order valence-corrected chi connectivity index (χ0v) is 13.5. The standard InChI is InChI=1S/C11H22N2O5S2/c1-3-4-11(14)12-6-7-13(19(2,15)16)10-5-8-20(17,18)9-10/h10H,3-9H2,1-2H3,(H,12,14). The Bertz CT molecular complexity index is 541. The maximum absolute atomic E-state index is 11.7. The number of rotatable bonds is 7. The van der Waals surface area contributed by atoms with Crippen molar-refractivity contribution in [2.45, 2.75) is 32.2 Å². The number of nitrogens with zero attached hydrogens (tertiary/aromatic N) is 1. The number of carbonyl (C=O) groups excluding carboxylic acids is 1. The van der Waals surface area contributed by atoms with Crippen molar-refractivity contribution in [1.29, 1.82) is 0 Å². The molecular formula is C11H22N2O5S2. The first-order chi connectivity index (χ1) is 9.15. The molecule has 0 aromatic rings. The lowest BCUT2D eigenvalue weighted by Gasteiger charge is -2.25. The average Bonchev–Trinajstić information content (AvgIpc) is 2.63. The van der Waals surface area contributed by atoms with Crippen LogP contribution in [0.3, 0.4) is 0 Å². The molecule has 1 aliphatic heterocycles. The van der Waals surface area contributed by atoms with Gasteiger partial charge in [0.2, 0.25) is 15.9 Å². The van der Waals surface area contributed by atoms with E-state index in [-0.39, 0.29) is 30.5 Å². The van der Waals surface area contributed by atoms with Crippen molar-refractivity contribution >= 4 is 25.8 Å². The highest BCUT2D eigenvalue weighted by atomic mass is 32.2. The molecule has 0 radical (unpaired) electrons. The number of hydrogen-bond acceptors (Lipinski definition) is 5. The zero-order chi connectivity index (χ0) is 15.4. The summed E-state index contributed by atoms with van der Waals surface area (Å²) in [6, 6.07) is -0.516. The van der Waals surface area contributed by atoms with Crippen LogP contribution in [-0.4, -0.2) is 63.9 Å². The first-order valence-electron chi connectivity index (χ1n) is 6.59. The lowest BCUT2D eigenvalue weighted by atomic mass is 10.2. The fourth-order valence-corrected chi connectivity index (χ4v) is 5.21. The highest BCUT2D eigenvalue weighted by molar-refractivity contribution is 7.92. The smallest absolute Gasteiger partial charge is 0.220 e. The van der Waals surface area contributed by atoms with E-state index in [0.29, 0.717) is 12.8 Å². The first-order valence-corrected chi connectivity index (χ1v) is 10.3. The van der Waals surface area contributed by atoms with Crippen molar-refractivity contribution < 1.29 is 21.6 Å². The molecule has 1 amide bonds. The minimum Gasteiger partial charge on any atom is -0.355 e. The van der Waals surface area contributed by atoms with E-state index in [9.17, 15) is 21.6 Å². The van der Waals surface area contributed by atoms with Gasteiger partial charge in [-0.25, -0.2) is 16.8 Å². The molecule has 1 heterocycles. The van der Waals surface area contributed by atoms with Gasteiger partial charge in [0.15, 0.2) is 9.84 Å². The monoisotopic (exact) mass is 326 g/mol. The molecule has 0 spiro atoms. The van der Waals surface area contributed by atoms with Gasteiger partial charge in [-0.05, 0) is 12.8 Å². The molecule has 0 aromatic heterocycles. The molecule has 9 heteroatoms. The molecule has 0 aliphatic carbocycles. The fourth-order valence-electron chi connectivity index (χ4n) is 2.24. The third-order valence-electron chi connectivity index (χ3n) is 3.17. The number of carbonyl (C=O) groups is 1. The molecule has 1 atom stereocenters. The Morgan fingerprint density at radius 2 is 2.05 bits per heavy atom. The number of nitrogens with one attached hydrogen (secondary N) is 1. The Kier molecular flexibility index (Phi) is 5.96. The molecule has 0 saturated carbocycles. The van der Waals surface area contributed by atoms with E-state index < -0.39 is 25.9 Å². The van der Waals surface area contributed by atoms with Crippen LogP contribution in [0.4, 0.5) is 0 Å². The molecule has 1 rings (SSSR count). The molecule has 1 saturated heterocycles. The second-order valence-electron chi connectivity index (χ2n) is 5.03. The minimum atomic E-state index is -3.49. The lowest BCUT2D eigenvalue weighted by Crippen LogP contribution is -2.44. The second kappa shape index (κ2) is 6.86. The third-order valence-corrected chi connectivity index (χ3v) is 6.26. The van der Waals surface area contributed by atoms with Crippen LogP contribution in [0, 0.1) is 0 Å². The summed E-state index contributed by atoms with van der Waals surface area (Å²) in [4.78, 5) is 11.3. The van der Waals surface area contributed by atoms with E-state index in [1.54, 1.807) is 0 Å². The molecule has 1 aliphatic rings. The first kappa shape index (κ1) is 17.4. The van der Waals surface area contributed by atoms with Crippen LogP contribution in [0.1, 0.15) is 26.2 Å². The van der Waals surface area contributed by atoms with Gasteiger partial charge in [-0.1, -0.05) is 6.92 Å². The van der Waals surface area contributed by atoms with Gasteiger partial charge in [0.25, 0.3) is 0 Å². The number of hydrogen-bond donors (Lipinski definition) is 1. The SMILES string of the molecule is CCCC(=O)NCCN(C1CCS(=O)(=O)C1)S(C)(=O)=O. The Hall–Kier alpha value is -0.670. The van der Waals surface area contributed by atoms with Gasteiger partial charge in [0.1, 0.15) is 0 Å². The third kappa shape index (κ3) is 5.37. The Balaban J connectivity index is 2.61. The van der Waals surface area contributed by atoms with Crippen molar-refractivity contribution in [1.82, 2.24) is 9.62 Å². The predicted molar refractivity (Wildman–Crippen MR) is 76.5 cm³/mol. The van der Waals surface area contributed by atoms with Crippen LogP contribution in [0.5, 0.6) is 0 Å². The Morgan fingerprint density at radius 3 is 2.50 bits per heavy atom. The molecular weight excluding hydrogens is 304 g/mol. The van der Waals surface area contributed by atoms with Crippen molar-refractivity contribution in [2.75, 3.05) is 30.9 Å². The summed E-state index contributed by atoms with van der Waals surface area (Å²) >= 11 is 0. The van der Waals surface area contributed by atoms with Crippen LogP contribution in [0.25, 0.3) is 0 Å². The van der Waals surface area contributed by atoms with Crippen molar-refractivity contribution in [3.63, 3.8) is 0 Å². The maximum Gasteiger partial charge on any atom is 0.220 e. The van der Waals surface area contributed by atoms with Gasteiger partial charge in [-0.3, -0.25) is 4.79 Å². The van der Waals surface area contributed by atoms with Crippen LogP contribution in [-0.2, 0) is 24.7 Å². The number of sulfone groups is 1. The zero-order valence-electron chi connectivity index (χ0n) is 11.8. The largest absolute Gasteiger partial charge is 0.355 e. The molecule has 20 heavy (non-hydrogen) atoms. The highest BCUT2D eigenvalue weighted by Crippen LogP contribution is 2.19. The van der Waals surface area contributed by atoms with E-state index in [1.807, 2.05) is 6.92 Å². The van der Waals surface area contributed by atoms with Crippen molar-refractivity contribution in [3.05, 3.63) is 0 Å². The minimum absolute atomic E-state index is 0.0197. The molecule has 1 N–H and O–H groups in total. The summed E-state index contributed by atoms with van der Waals surface area (Å²) in [5.41, 5.74) is 0. The van der Waals surface area contributed by atoms with Gasteiger partial charge < -0.3 is 5.32 Å². The fraction of sp³-hybridized carbons (Fsp3) is 0.909. The summed E-state index contributed by atoms with van der Waals surface area (Å²) in [5.74, 6) is -0.241. The average molecular weight is 326 g/mol. The van der Waals surface area contributed by atoms with E-state index in [2.05, 4.69) is 5.32 Å². The van der Waals surface area contributed by atoms with E-state index >= 15 is 0 Å². The molecule has 0 aromatic carbocycles. The molecule has 1 fully saturated rings. The topological polar surface area (TPSA) is 101 Å². The number of sulfonamides is 1. The normalized spacial score (nSPS) is 22.1. The van der Waals surface area contributed by atoms with Crippen molar-refractivity contribution in [2.24, 2.45) is 0 Å². The van der Waals surface area contributed by atoms with Gasteiger partial charge in [-0.15, -0.1) is 0 Å². The summed E-state index contributed by atoms with van der Waals surface area (Å²) < 4.78 is 47.6. The van der Waals surface area contributed by atoms with Crippen molar-refractivity contribution in [3.8, 4) is 0 Å². The number of amides is 1.